The molecule has 2 aromatic carbocycles. The molecule has 92 valence electrons. The van der Waals surface area contributed by atoms with Crippen LogP contribution in [0.1, 0.15) is 23.1 Å². The summed E-state index contributed by atoms with van der Waals surface area (Å²) in [5.41, 5.74) is 11.2. The molecule has 0 amide bonds. The van der Waals surface area contributed by atoms with E-state index in [9.17, 15) is 0 Å². The normalized spacial score (nSPS) is 13.6. The maximum absolute atomic E-state index is 5.96. The molecule has 1 aliphatic carbocycles. The molecule has 0 radical (unpaired) electrons. The maximum Gasteiger partial charge on any atom is 0.0355 e. The van der Waals surface area contributed by atoms with Gasteiger partial charge in [0.2, 0.25) is 0 Å². The third-order valence-corrected chi connectivity index (χ3v) is 4.56. The number of fused-ring (bicyclic) bond motifs is 1. The smallest absolute Gasteiger partial charge is 0.0355 e. The Kier molecular flexibility index (Phi) is 3.28. The third-order valence-electron chi connectivity index (χ3n) is 3.52. The van der Waals surface area contributed by atoms with Crippen molar-refractivity contribution in [1.29, 1.82) is 0 Å². The second-order valence-electron chi connectivity index (χ2n) is 4.77. The van der Waals surface area contributed by atoms with Gasteiger partial charge in [0.05, 0.1) is 0 Å². The Labute approximate surface area is 112 Å². The van der Waals surface area contributed by atoms with Crippen molar-refractivity contribution in [3.05, 3.63) is 59.2 Å². The summed E-state index contributed by atoms with van der Waals surface area (Å²) in [7, 11) is 0. The molecule has 2 aromatic rings. The summed E-state index contributed by atoms with van der Waals surface area (Å²) in [6.07, 6.45) is 3.82. The lowest BCUT2D eigenvalue weighted by Gasteiger charge is -2.07. The van der Waals surface area contributed by atoms with E-state index in [0.29, 0.717) is 0 Å². The van der Waals surface area contributed by atoms with E-state index in [-0.39, 0.29) is 0 Å². The summed E-state index contributed by atoms with van der Waals surface area (Å²) in [5, 5.41) is 0. The van der Waals surface area contributed by atoms with Crippen LogP contribution in [0, 0.1) is 0 Å². The highest BCUT2D eigenvalue weighted by Crippen LogP contribution is 2.30. The summed E-state index contributed by atoms with van der Waals surface area (Å²) in [6.45, 7) is 0. The number of thioether (sulfide) groups is 1. The number of hydrogen-bond acceptors (Lipinski definition) is 2. The highest BCUT2D eigenvalue weighted by molar-refractivity contribution is 7.98. The van der Waals surface area contributed by atoms with Crippen LogP contribution in [0.15, 0.2) is 47.4 Å². The van der Waals surface area contributed by atoms with E-state index in [4.69, 9.17) is 5.73 Å². The minimum atomic E-state index is 0.895. The zero-order valence-corrected chi connectivity index (χ0v) is 11.2. The van der Waals surface area contributed by atoms with Crippen LogP contribution in [0.25, 0.3) is 0 Å². The molecule has 0 saturated carbocycles. The summed E-state index contributed by atoms with van der Waals surface area (Å²) in [5.74, 6) is 0.950. The standard InChI is InChI=1S/C16H17NS/c17-16-7-2-1-4-14(16)11-18-15-9-8-12-5-3-6-13(12)10-15/h1-2,4,7-10H,3,5-6,11,17H2. The van der Waals surface area contributed by atoms with Gasteiger partial charge in [-0.3, -0.25) is 0 Å². The van der Waals surface area contributed by atoms with Crippen LogP contribution in [-0.4, -0.2) is 0 Å². The molecule has 0 aliphatic heterocycles. The second-order valence-corrected chi connectivity index (χ2v) is 5.82. The van der Waals surface area contributed by atoms with Crippen molar-refractivity contribution in [1.82, 2.24) is 0 Å². The van der Waals surface area contributed by atoms with Crippen molar-refractivity contribution in [3.8, 4) is 0 Å². The SMILES string of the molecule is Nc1ccccc1CSc1ccc2c(c1)CCC2. The average Bonchev–Trinajstić information content (AvgIpc) is 2.85. The van der Waals surface area contributed by atoms with E-state index in [2.05, 4.69) is 30.3 Å². The lowest BCUT2D eigenvalue weighted by Crippen LogP contribution is -1.91. The topological polar surface area (TPSA) is 26.0 Å². The number of rotatable bonds is 3. The molecule has 0 saturated heterocycles. The van der Waals surface area contributed by atoms with Gasteiger partial charge in [-0.1, -0.05) is 24.3 Å². The van der Waals surface area contributed by atoms with Crippen LogP contribution >= 0.6 is 11.8 Å². The van der Waals surface area contributed by atoms with Gasteiger partial charge in [0.1, 0.15) is 0 Å². The Morgan fingerprint density at radius 2 is 1.83 bits per heavy atom. The molecule has 0 unspecified atom stereocenters. The van der Waals surface area contributed by atoms with E-state index in [1.165, 1.54) is 29.7 Å². The Morgan fingerprint density at radius 1 is 1.00 bits per heavy atom. The number of aryl methyl sites for hydroxylation is 2. The first-order valence-electron chi connectivity index (χ1n) is 6.41. The minimum Gasteiger partial charge on any atom is -0.398 e. The molecule has 3 rings (SSSR count). The van der Waals surface area contributed by atoms with Gasteiger partial charge < -0.3 is 5.73 Å². The van der Waals surface area contributed by atoms with Crippen LogP contribution in [0.5, 0.6) is 0 Å². The molecule has 1 nitrogen and oxygen atoms in total. The van der Waals surface area contributed by atoms with E-state index >= 15 is 0 Å². The van der Waals surface area contributed by atoms with Crippen molar-refractivity contribution < 1.29 is 0 Å². The zero-order valence-electron chi connectivity index (χ0n) is 10.4. The Balaban J connectivity index is 1.72. The number of benzene rings is 2. The van der Waals surface area contributed by atoms with Crippen molar-refractivity contribution in [2.75, 3.05) is 5.73 Å². The van der Waals surface area contributed by atoms with Crippen LogP contribution in [-0.2, 0) is 18.6 Å². The zero-order chi connectivity index (χ0) is 12.4. The fraction of sp³-hybridized carbons (Fsp3) is 0.250. The molecular weight excluding hydrogens is 238 g/mol. The van der Waals surface area contributed by atoms with Gasteiger partial charge in [-0.15, -0.1) is 11.8 Å². The van der Waals surface area contributed by atoms with Gasteiger partial charge in [-0.2, -0.15) is 0 Å². The van der Waals surface area contributed by atoms with Crippen LogP contribution < -0.4 is 5.73 Å². The van der Waals surface area contributed by atoms with Crippen molar-refractivity contribution in [2.24, 2.45) is 0 Å². The van der Waals surface area contributed by atoms with Crippen molar-refractivity contribution in [2.45, 2.75) is 29.9 Å². The maximum atomic E-state index is 5.96. The van der Waals surface area contributed by atoms with Crippen LogP contribution in [0.3, 0.4) is 0 Å². The molecule has 0 bridgehead atoms. The lowest BCUT2D eigenvalue weighted by atomic mass is 10.1. The molecule has 0 heterocycles. The van der Waals surface area contributed by atoms with E-state index in [0.717, 1.165) is 11.4 Å². The van der Waals surface area contributed by atoms with Crippen molar-refractivity contribution in [3.63, 3.8) is 0 Å². The van der Waals surface area contributed by atoms with Gasteiger partial charge in [-0.25, -0.2) is 0 Å². The van der Waals surface area contributed by atoms with Gasteiger partial charge in [0.25, 0.3) is 0 Å². The lowest BCUT2D eigenvalue weighted by molar-refractivity contribution is 0.911. The molecule has 2 N–H and O–H groups in total. The molecule has 18 heavy (non-hydrogen) atoms. The quantitative estimate of drug-likeness (QED) is 0.661. The first-order valence-corrected chi connectivity index (χ1v) is 7.39. The molecule has 0 spiro atoms. The van der Waals surface area contributed by atoms with Gasteiger partial charge >= 0.3 is 0 Å². The predicted molar refractivity (Wildman–Crippen MR) is 78.9 cm³/mol. The van der Waals surface area contributed by atoms with Gasteiger partial charge in [0.15, 0.2) is 0 Å². The van der Waals surface area contributed by atoms with Gasteiger partial charge in [-0.05, 0) is 54.2 Å². The Bertz CT molecular complexity index is 563. The van der Waals surface area contributed by atoms with Crippen LogP contribution in [0.2, 0.25) is 0 Å². The van der Waals surface area contributed by atoms with E-state index in [1.807, 2.05) is 23.9 Å². The van der Waals surface area contributed by atoms with Gasteiger partial charge in [0, 0.05) is 16.3 Å². The van der Waals surface area contributed by atoms with E-state index in [1.54, 1.807) is 11.1 Å². The number of nitrogen functional groups attached to an aromatic ring is 1. The molecule has 0 aromatic heterocycles. The highest BCUT2D eigenvalue weighted by atomic mass is 32.2. The Morgan fingerprint density at radius 3 is 2.72 bits per heavy atom. The largest absolute Gasteiger partial charge is 0.398 e. The predicted octanol–water partition coefficient (Wildman–Crippen LogP) is 4.05. The minimum absolute atomic E-state index is 0.895. The second kappa shape index (κ2) is 5.07. The number of hydrogen-bond donors (Lipinski definition) is 1. The summed E-state index contributed by atoms with van der Waals surface area (Å²) >= 11 is 1.87. The summed E-state index contributed by atoms with van der Waals surface area (Å²) in [6, 6.07) is 15.0. The first-order chi connectivity index (χ1) is 8.83. The number of anilines is 1. The summed E-state index contributed by atoms with van der Waals surface area (Å²) in [4.78, 5) is 1.36. The third kappa shape index (κ3) is 2.39. The monoisotopic (exact) mass is 255 g/mol. The van der Waals surface area contributed by atoms with Crippen LogP contribution in [0.4, 0.5) is 5.69 Å². The molecule has 0 atom stereocenters. The summed E-state index contributed by atoms with van der Waals surface area (Å²) < 4.78 is 0. The fourth-order valence-electron chi connectivity index (χ4n) is 2.46. The fourth-order valence-corrected chi connectivity index (χ4v) is 3.44. The Hall–Kier alpha value is -1.41. The number of nitrogens with two attached hydrogens (primary N) is 1. The first kappa shape index (κ1) is 11.7. The molecule has 0 fully saturated rings. The van der Waals surface area contributed by atoms with E-state index < -0.39 is 0 Å². The number of para-hydroxylation sites is 1. The highest BCUT2D eigenvalue weighted by Gasteiger charge is 2.11. The molecule has 2 heteroatoms. The average molecular weight is 255 g/mol. The van der Waals surface area contributed by atoms with Crippen molar-refractivity contribution >= 4 is 17.4 Å². The molecule has 1 aliphatic rings. The molecular formula is C16H17NS.